The highest BCUT2D eigenvalue weighted by atomic mass is 127. The van der Waals surface area contributed by atoms with Gasteiger partial charge in [-0.15, -0.1) is 24.0 Å². The summed E-state index contributed by atoms with van der Waals surface area (Å²) in [4.78, 5) is 0.224. The predicted octanol–water partition coefficient (Wildman–Crippen LogP) is 9.33. The Labute approximate surface area is 352 Å². The van der Waals surface area contributed by atoms with Crippen molar-refractivity contribution in [2.24, 2.45) is 11.8 Å². The Bertz CT molecular complexity index is 1450. The Morgan fingerprint density at radius 3 is 1.30 bits per heavy atom. The van der Waals surface area contributed by atoms with Gasteiger partial charge in [0.15, 0.2) is 0 Å². The van der Waals surface area contributed by atoms with Crippen molar-refractivity contribution in [2.75, 3.05) is 23.8 Å². The Kier molecular flexibility index (Phi) is 28.1. The molecule has 0 saturated heterocycles. The van der Waals surface area contributed by atoms with Crippen LogP contribution < -0.4 is 15.9 Å². The quantitative estimate of drug-likeness (QED) is 0.0475. The first kappa shape index (κ1) is 51.6. The lowest BCUT2D eigenvalue weighted by Gasteiger charge is -2.28. The first-order valence-electron chi connectivity index (χ1n) is 18.2. The van der Waals surface area contributed by atoms with E-state index in [-0.39, 0.29) is 54.3 Å². The Morgan fingerprint density at radius 2 is 1.02 bits per heavy atom. The van der Waals surface area contributed by atoms with Crippen LogP contribution in [0.1, 0.15) is 72.8 Å². The summed E-state index contributed by atoms with van der Waals surface area (Å²) in [5.74, 6) is 1.33. The molecule has 0 spiro atoms. The highest BCUT2D eigenvalue weighted by Gasteiger charge is 2.44. The van der Waals surface area contributed by atoms with E-state index in [1.165, 1.54) is 26.8 Å². The maximum Gasteiger partial charge on any atom is 0.296 e. The van der Waals surface area contributed by atoms with Crippen molar-refractivity contribution in [3.8, 4) is 0 Å². The van der Waals surface area contributed by atoms with Gasteiger partial charge in [0.25, 0.3) is 10.1 Å². The molecule has 53 heavy (non-hydrogen) atoms. The average molecular weight is 994 g/mol. The Hall–Kier alpha value is -1.44. The van der Waals surface area contributed by atoms with Gasteiger partial charge in [0, 0.05) is 13.0 Å². The molecule has 0 fully saturated rings. The van der Waals surface area contributed by atoms with Crippen LogP contribution in [-0.2, 0) is 14.3 Å². The van der Waals surface area contributed by atoms with Gasteiger partial charge in [0.1, 0.15) is 23.2 Å². The van der Waals surface area contributed by atoms with Crippen molar-refractivity contribution < 1.29 is 27.9 Å². The number of aryl methyl sites for hydroxylation is 1. The number of benzene rings is 4. The van der Waals surface area contributed by atoms with Crippen LogP contribution in [0.5, 0.6) is 0 Å². The standard InChI is InChI=1S/C22H24OP.C12H18O3S.C5H11I.C4H10O2.HI/c1-19(23)17-18-24(20-11-5-2-6-12-20,21-13-7-3-8-14-21)22-15-9-4-10-16-22;1-10(2)8-9-15-16(13,14)12-6-4-11(3)5-7-12;1-5(2)3-4-6;1-4(6)2-3-5;/h2-16,19,23H,17-18H2,1H3;4-7,10H,8-9H2,1-3H3;5H,3-4H2,1-2H3;4-6H,2-3H2,1H3;1H/q+1;;;;/t19-;;;4-;/m0..0./s1. The molecular formula is C43H64I2O6PS+. The number of aliphatic hydroxyl groups excluding tert-OH is 3. The molecule has 0 saturated carbocycles. The first-order valence-corrected chi connectivity index (χ1v) is 23.1. The van der Waals surface area contributed by atoms with Gasteiger partial charge < -0.3 is 15.3 Å². The summed E-state index contributed by atoms with van der Waals surface area (Å²) < 4.78 is 29.6. The lowest BCUT2D eigenvalue weighted by Crippen LogP contribution is -2.34. The fourth-order valence-corrected chi connectivity index (χ4v) is 11.5. The van der Waals surface area contributed by atoms with Gasteiger partial charge >= 0.3 is 0 Å². The molecule has 6 nitrogen and oxygen atoms in total. The van der Waals surface area contributed by atoms with Crippen LogP contribution in [0.2, 0.25) is 0 Å². The highest BCUT2D eigenvalue weighted by molar-refractivity contribution is 14.1. The van der Waals surface area contributed by atoms with E-state index < -0.39 is 17.4 Å². The van der Waals surface area contributed by atoms with E-state index in [0.29, 0.717) is 12.3 Å². The minimum Gasteiger partial charge on any atom is -0.396 e. The first-order chi connectivity index (χ1) is 24.7. The summed E-state index contributed by atoms with van der Waals surface area (Å²) in [7, 11) is -5.34. The Balaban J connectivity index is 0.000000802. The third-order valence-corrected chi connectivity index (χ3v) is 14.4. The normalized spacial score (nSPS) is 12.2. The van der Waals surface area contributed by atoms with Crippen LogP contribution >= 0.6 is 53.8 Å². The molecule has 0 aromatic heterocycles. The van der Waals surface area contributed by atoms with Gasteiger partial charge in [-0.25, -0.2) is 0 Å². The van der Waals surface area contributed by atoms with Crippen LogP contribution in [-0.4, -0.2) is 59.7 Å². The summed E-state index contributed by atoms with van der Waals surface area (Å²) in [6.07, 6.45) is 3.72. The summed E-state index contributed by atoms with van der Waals surface area (Å²) in [5.41, 5.74) is 1.03. The third-order valence-electron chi connectivity index (χ3n) is 7.95. The molecule has 3 N–H and O–H groups in total. The zero-order valence-electron chi connectivity index (χ0n) is 32.6. The van der Waals surface area contributed by atoms with Crippen LogP contribution in [0.15, 0.2) is 120 Å². The van der Waals surface area contributed by atoms with E-state index in [0.717, 1.165) is 30.5 Å². The molecule has 4 aromatic carbocycles. The molecule has 296 valence electrons. The predicted molar refractivity (Wildman–Crippen MR) is 247 cm³/mol. The zero-order valence-corrected chi connectivity index (χ0v) is 38.8. The van der Waals surface area contributed by atoms with Crippen LogP contribution in [0.4, 0.5) is 0 Å². The zero-order chi connectivity index (χ0) is 39.0. The Morgan fingerprint density at radius 1 is 0.623 bits per heavy atom. The highest BCUT2D eigenvalue weighted by Crippen LogP contribution is 2.55. The number of alkyl halides is 1. The van der Waals surface area contributed by atoms with Crippen molar-refractivity contribution in [2.45, 2.75) is 91.3 Å². The fraction of sp³-hybridized carbons (Fsp3) is 0.442. The van der Waals surface area contributed by atoms with Crippen molar-refractivity contribution >= 4 is 79.9 Å². The van der Waals surface area contributed by atoms with Crippen molar-refractivity contribution in [1.82, 2.24) is 0 Å². The van der Waals surface area contributed by atoms with E-state index in [1.807, 2.05) is 27.7 Å². The lowest BCUT2D eigenvalue weighted by molar-refractivity contribution is 0.148. The molecule has 4 rings (SSSR count). The average Bonchev–Trinajstić information content (AvgIpc) is 3.10. The number of hydrogen-bond acceptors (Lipinski definition) is 6. The second kappa shape index (κ2) is 28.9. The van der Waals surface area contributed by atoms with Crippen molar-refractivity contribution in [3.05, 3.63) is 121 Å². The maximum atomic E-state index is 11.7. The van der Waals surface area contributed by atoms with E-state index in [2.05, 4.69) is 127 Å². The van der Waals surface area contributed by atoms with E-state index in [1.54, 1.807) is 31.2 Å². The number of halogens is 2. The molecule has 4 aromatic rings. The fourth-order valence-electron chi connectivity index (χ4n) is 4.83. The lowest BCUT2D eigenvalue weighted by atomic mass is 10.2. The van der Waals surface area contributed by atoms with Crippen LogP contribution in [0, 0.1) is 18.8 Å². The van der Waals surface area contributed by atoms with Gasteiger partial charge in [-0.1, -0.05) is 123 Å². The molecule has 0 aliphatic carbocycles. The third kappa shape index (κ3) is 20.9. The summed E-state index contributed by atoms with van der Waals surface area (Å²) in [6.45, 7) is 14.3. The van der Waals surface area contributed by atoms with Gasteiger partial charge in [-0.3, -0.25) is 4.18 Å². The topological polar surface area (TPSA) is 104 Å². The van der Waals surface area contributed by atoms with Crippen LogP contribution in [0.25, 0.3) is 0 Å². The summed E-state index contributed by atoms with van der Waals surface area (Å²) in [5, 5.41) is 30.6. The minimum atomic E-state index is -3.57. The number of rotatable bonds is 15. The molecule has 0 radical (unpaired) electrons. The van der Waals surface area contributed by atoms with Crippen molar-refractivity contribution in [3.63, 3.8) is 0 Å². The second-order valence-corrected chi connectivity index (χ2v) is 20.0. The molecule has 0 aliphatic heterocycles. The molecule has 0 unspecified atom stereocenters. The molecule has 10 heteroatoms. The number of aliphatic hydroxyl groups is 3. The van der Waals surface area contributed by atoms with Crippen LogP contribution in [0.3, 0.4) is 0 Å². The van der Waals surface area contributed by atoms with Gasteiger partial charge in [0.05, 0.1) is 29.9 Å². The molecule has 0 heterocycles. The van der Waals surface area contributed by atoms with E-state index in [9.17, 15) is 13.5 Å². The molecule has 0 amide bonds. The van der Waals surface area contributed by atoms with Gasteiger partial charge in [0.2, 0.25) is 0 Å². The van der Waals surface area contributed by atoms with E-state index in [4.69, 9.17) is 14.4 Å². The van der Waals surface area contributed by atoms with Gasteiger partial charge in [-0.2, -0.15) is 8.42 Å². The minimum absolute atomic E-state index is 0. The van der Waals surface area contributed by atoms with Crippen molar-refractivity contribution in [1.29, 1.82) is 0 Å². The maximum absolute atomic E-state index is 11.7. The summed E-state index contributed by atoms with van der Waals surface area (Å²) in [6, 6.07) is 39.1. The van der Waals surface area contributed by atoms with Gasteiger partial charge in [-0.05, 0) is 105 Å². The SMILES string of the molecule is CC(C)CCI.C[C@H](O)CCO.C[C@H](O)CC[P+](c1ccccc1)(c1ccccc1)c1ccccc1.Cc1ccc(S(=O)(=O)OCCC(C)C)cc1.I. The number of hydrogen-bond donors (Lipinski definition) is 3. The van der Waals surface area contributed by atoms with E-state index >= 15 is 0 Å². The molecule has 0 bridgehead atoms. The second-order valence-electron chi connectivity index (χ2n) is 13.7. The molecular weight excluding hydrogens is 929 g/mol. The smallest absolute Gasteiger partial charge is 0.296 e. The monoisotopic (exact) mass is 993 g/mol. The largest absolute Gasteiger partial charge is 0.396 e. The molecule has 0 aliphatic rings. The summed E-state index contributed by atoms with van der Waals surface area (Å²) >= 11 is 2.40. The molecule has 2 atom stereocenters.